The van der Waals surface area contributed by atoms with Crippen molar-refractivity contribution in [3.05, 3.63) is 53.9 Å². The van der Waals surface area contributed by atoms with Crippen LogP contribution in [0.2, 0.25) is 0 Å². The molecule has 27 heavy (non-hydrogen) atoms. The molecule has 0 aliphatic rings. The maximum atomic E-state index is 13.3. The number of rotatable bonds is 6. The number of hydrogen-bond donors (Lipinski definition) is 2. The summed E-state index contributed by atoms with van der Waals surface area (Å²) in [5, 5.41) is 13.7. The summed E-state index contributed by atoms with van der Waals surface area (Å²) in [6.07, 6.45) is 3.39. The molecule has 0 aliphatic heterocycles. The second kappa shape index (κ2) is 8.74. The van der Waals surface area contributed by atoms with Gasteiger partial charge in [-0.1, -0.05) is 17.3 Å². The Labute approximate surface area is 161 Å². The molecule has 0 bridgehead atoms. The van der Waals surface area contributed by atoms with Crippen molar-refractivity contribution in [2.75, 3.05) is 7.05 Å². The molecule has 2 aromatic heterocycles. The summed E-state index contributed by atoms with van der Waals surface area (Å²) >= 11 is 0. The standard InChI is InChI=1S/C17H19FN6O2.ClH/c1-10(21-16(25)14(19-2)12-8-20-24(3)9-12)17-22-15(23-26-17)11-5-4-6-13(18)7-11;/h4-10,14,19H,1-3H3,(H,21,25);1H. The molecule has 0 saturated heterocycles. The fourth-order valence-corrected chi connectivity index (χ4v) is 2.55. The molecule has 1 amide bonds. The Morgan fingerprint density at radius 3 is 2.78 bits per heavy atom. The van der Waals surface area contributed by atoms with Crippen molar-refractivity contribution in [3.8, 4) is 11.4 Å². The summed E-state index contributed by atoms with van der Waals surface area (Å²) in [6, 6.07) is 4.83. The molecule has 0 spiro atoms. The maximum absolute atomic E-state index is 13.3. The Morgan fingerprint density at radius 1 is 1.37 bits per heavy atom. The number of carbonyl (C=O) groups is 1. The van der Waals surface area contributed by atoms with E-state index in [4.69, 9.17) is 4.52 Å². The first-order valence-corrected chi connectivity index (χ1v) is 8.03. The van der Waals surface area contributed by atoms with E-state index in [1.165, 1.54) is 12.1 Å². The number of hydrogen-bond acceptors (Lipinski definition) is 6. The van der Waals surface area contributed by atoms with Gasteiger partial charge in [0.05, 0.1) is 6.20 Å². The summed E-state index contributed by atoms with van der Waals surface area (Å²) < 4.78 is 20.2. The van der Waals surface area contributed by atoms with Crippen molar-refractivity contribution in [2.45, 2.75) is 19.0 Å². The molecule has 2 unspecified atom stereocenters. The van der Waals surface area contributed by atoms with E-state index in [0.29, 0.717) is 5.56 Å². The quantitative estimate of drug-likeness (QED) is 0.665. The molecule has 8 nitrogen and oxygen atoms in total. The maximum Gasteiger partial charge on any atom is 0.249 e. The lowest BCUT2D eigenvalue weighted by molar-refractivity contribution is -0.124. The molecule has 0 radical (unpaired) electrons. The third kappa shape index (κ3) is 4.69. The van der Waals surface area contributed by atoms with E-state index in [1.807, 2.05) is 0 Å². The van der Waals surface area contributed by atoms with Crippen molar-refractivity contribution in [2.24, 2.45) is 7.05 Å². The zero-order chi connectivity index (χ0) is 18.7. The van der Waals surface area contributed by atoms with Crippen LogP contribution < -0.4 is 10.6 Å². The summed E-state index contributed by atoms with van der Waals surface area (Å²) in [5.41, 5.74) is 1.24. The molecular weight excluding hydrogens is 375 g/mol. The lowest BCUT2D eigenvalue weighted by Gasteiger charge is -2.16. The minimum Gasteiger partial charge on any atom is -0.343 e. The molecular formula is C17H20ClFN6O2. The van der Waals surface area contributed by atoms with E-state index in [9.17, 15) is 9.18 Å². The lowest BCUT2D eigenvalue weighted by atomic mass is 10.1. The fraction of sp³-hybridized carbons (Fsp3) is 0.294. The van der Waals surface area contributed by atoms with Crippen LogP contribution in [0.3, 0.4) is 0 Å². The third-order valence-electron chi connectivity index (χ3n) is 3.86. The first kappa shape index (κ1) is 20.5. The highest BCUT2D eigenvalue weighted by Crippen LogP contribution is 2.20. The SMILES string of the molecule is CNC(C(=O)NC(C)c1nc(-c2cccc(F)c2)no1)c1cnn(C)c1.Cl. The Balaban J connectivity index is 0.00000261. The molecule has 2 N–H and O–H groups in total. The van der Waals surface area contributed by atoms with Gasteiger partial charge < -0.3 is 15.2 Å². The van der Waals surface area contributed by atoms with E-state index < -0.39 is 12.1 Å². The van der Waals surface area contributed by atoms with Gasteiger partial charge in [-0.05, 0) is 26.1 Å². The van der Waals surface area contributed by atoms with Gasteiger partial charge >= 0.3 is 0 Å². The molecule has 1 aromatic carbocycles. The average molecular weight is 395 g/mol. The van der Waals surface area contributed by atoms with Gasteiger partial charge in [-0.3, -0.25) is 9.48 Å². The van der Waals surface area contributed by atoms with E-state index >= 15 is 0 Å². The number of halogens is 2. The second-order valence-electron chi connectivity index (χ2n) is 5.87. The number of aryl methyl sites for hydroxylation is 1. The van der Waals surface area contributed by atoms with Crippen LogP contribution in [0.5, 0.6) is 0 Å². The van der Waals surface area contributed by atoms with E-state index in [1.54, 1.807) is 50.2 Å². The van der Waals surface area contributed by atoms with Crippen LogP contribution in [0.4, 0.5) is 4.39 Å². The van der Waals surface area contributed by atoms with Crippen molar-refractivity contribution < 1.29 is 13.7 Å². The largest absolute Gasteiger partial charge is 0.343 e. The molecule has 2 heterocycles. The number of aromatic nitrogens is 4. The van der Waals surface area contributed by atoms with Crippen LogP contribution in [0.1, 0.15) is 30.5 Å². The van der Waals surface area contributed by atoms with Gasteiger partial charge in [0.25, 0.3) is 0 Å². The molecule has 3 rings (SSSR count). The lowest BCUT2D eigenvalue weighted by Crippen LogP contribution is -2.37. The van der Waals surface area contributed by atoms with Gasteiger partial charge in [-0.2, -0.15) is 10.1 Å². The molecule has 0 aliphatic carbocycles. The van der Waals surface area contributed by atoms with Gasteiger partial charge in [0.15, 0.2) is 0 Å². The van der Waals surface area contributed by atoms with Crippen LogP contribution in [-0.4, -0.2) is 32.9 Å². The predicted molar refractivity (Wildman–Crippen MR) is 98.5 cm³/mol. The summed E-state index contributed by atoms with van der Waals surface area (Å²) in [5.74, 6) is -0.140. The molecule has 0 saturated carbocycles. The molecule has 10 heteroatoms. The van der Waals surface area contributed by atoms with E-state index in [0.717, 1.165) is 5.56 Å². The van der Waals surface area contributed by atoms with Gasteiger partial charge in [-0.15, -0.1) is 12.4 Å². The zero-order valence-corrected chi connectivity index (χ0v) is 15.8. The van der Waals surface area contributed by atoms with Crippen LogP contribution in [0.15, 0.2) is 41.2 Å². The molecule has 2 atom stereocenters. The smallest absolute Gasteiger partial charge is 0.249 e. The number of amides is 1. The molecule has 3 aromatic rings. The van der Waals surface area contributed by atoms with Crippen LogP contribution in [-0.2, 0) is 11.8 Å². The first-order chi connectivity index (χ1) is 12.5. The van der Waals surface area contributed by atoms with Gasteiger partial charge in [0.2, 0.25) is 17.6 Å². The van der Waals surface area contributed by atoms with Gasteiger partial charge in [-0.25, -0.2) is 4.39 Å². The monoisotopic (exact) mass is 394 g/mol. The van der Waals surface area contributed by atoms with Gasteiger partial charge in [0.1, 0.15) is 17.9 Å². The van der Waals surface area contributed by atoms with Crippen molar-refractivity contribution in [1.82, 2.24) is 30.6 Å². The highest BCUT2D eigenvalue weighted by Gasteiger charge is 2.24. The van der Waals surface area contributed by atoms with Crippen LogP contribution >= 0.6 is 12.4 Å². The average Bonchev–Trinajstić information content (AvgIpc) is 3.25. The summed E-state index contributed by atoms with van der Waals surface area (Å²) in [6.45, 7) is 1.73. The fourth-order valence-electron chi connectivity index (χ4n) is 2.55. The van der Waals surface area contributed by atoms with Crippen LogP contribution in [0.25, 0.3) is 11.4 Å². The predicted octanol–water partition coefficient (Wildman–Crippen LogP) is 2.17. The Kier molecular flexibility index (Phi) is 6.65. The van der Waals surface area contributed by atoms with E-state index in [-0.39, 0.29) is 35.8 Å². The minimum atomic E-state index is -0.559. The third-order valence-corrected chi connectivity index (χ3v) is 3.86. The summed E-state index contributed by atoms with van der Waals surface area (Å²) in [7, 11) is 3.47. The Bertz CT molecular complexity index is 912. The van der Waals surface area contributed by atoms with Crippen molar-refractivity contribution in [1.29, 1.82) is 0 Å². The Hall–Kier alpha value is -2.78. The number of likely N-dealkylation sites (N-methyl/N-ethyl adjacent to an activating group) is 1. The highest BCUT2D eigenvalue weighted by atomic mass is 35.5. The second-order valence-corrected chi connectivity index (χ2v) is 5.87. The minimum absolute atomic E-state index is 0. The number of nitrogens with zero attached hydrogens (tertiary/aromatic N) is 4. The van der Waals surface area contributed by atoms with Crippen LogP contribution in [0, 0.1) is 5.82 Å². The van der Waals surface area contributed by atoms with Crippen molar-refractivity contribution >= 4 is 18.3 Å². The highest BCUT2D eigenvalue weighted by molar-refractivity contribution is 5.85. The molecule has 0 fully saturated rings. The number of nitrogens with one attached hydrogen (secondary N) is 2. The molecule has 144 valence electrons. The summed E-state index contributed by atoms with van der Waals surface area (Å²) in [4.78, 5) is 16.8. The normalized spacial score (nSPS) is 12.9. The first-order valence-electron chi connectivity index (χ1n) is 8.03. The van der Waals surface area contributed by atoms with E-state index in [2.05, 4.69) is 25.9 Å². The number of benzene rings is 1. The number of carbonyl (C=O) groups excluding carboxylic acids is 1. The van der Waals surface area contributed by atoms with Crippen molar-refractivity contribution in [3.63, 3.8) is 0 Å². The Morgan fingerprint density at radius 2 is 2.15 bits per heavy atom. The van der Waals surface area contributed by atoms with Gasteiger partial charge in [0, 0.05) is 24.4 Å². The topological polar surface area (TPSA) is 97.9 Å². The zero-order valence-electron chi connectivity index (χ0n) is 15.0.